The first kappa shape index (κ1) is 15.3. The van der Waals surface area contributed by atoms with E-state index in [1.54, 1.807) is 18.5 Å². The zero-order valence-corrected chi connectivity index (χ0v) is 13.4. The molecule has 0 bridgehead atoms. The second kappa shape index (κ2) is 5.66. The molecule has 1 aromatic heterocycles. The van der Waals surface area contributed by atoms with Crippen LogP contribution in [-0.4, -0.2) is 26.8 Å². The van der Waals surface area contributed by atoms with Gasteiger partial charge in [-0.05, 0) is 36.8 Å². The van der Waals surface area contributed by atoms with Gasteiger partial charge in [-0.2, -0.15) is 0 Å². The minimum absolute atomic E-state index is 0.0771. The summed E-state index contributed by atoms with van der Waals surface area (Å²) in [4.78, 5) is 32.3. The number of ketones is 1. The van der Waals surface area contributed by atoms with Crippen LogP contribution in [0.4, 0.5) is 0 Å². The fraction of sp³-hybridized carbons (Fsp3) is 0.158. The first-order chi connectivity index (χ1) is 12.0. The molecule has 1 aliphatic rings. The average Bonchev–Trinajstić information content (AvgIpc) is 2.60. The Balaban J connectivity index is 1.92. The quantitative estimate of drug-likeness (QED) is 0.440. The van der Waals surface area contributed by atoms with E-state index in [0.29, 0.717) is 11.1 Å². The highest BCUT2D eigenvalue weighted by molar-refractivity contribution is 5.98. The predicted octanol–water partition coefficient (Wildman–Crippen LogP) is 2.98. The molecule has 1 aliphatic heterocycles. The zero-order chi connectivity index (χ0) is 17.6. The molecule has 0 saturated heterocycles. The average molecular weight is 334 g/mol. The van der Waals surface area contributed by atoms with Gasteiger partial charge in [0.25, 0.3) is 0 Å². The van der Waals surface area contributed by atoms with E-state index < -0.39 is 5.92 Å². The Bertz CT molecular complexity index is 1030. The van der Waals surface area contributed by atoms with Crippen LogP contribution in [0.25, 0.3) is 11.0 Å². The summed E-state index contributed by atoms with van der Waals surface area (Å²) in [5.74, 6) is -0.904. The van der Waals surface area contributed by atoms with E-state index in [-0.39, 0.29) is 35.2 Å². The van der Waals surface area contributed by atoms with E-state index in [9.17, 15) is 14.7 Å². The van der Waals surface area contributed by atoms with Crippen molar-refractivity contribution in [3.63, 3.8) is 0 Å². The van der Waals surface area contributed by atoms with Crippen molar-refractivity contribution in [2.75, 3.05) is 0 Å². The van der Waals surface area contributed by atoms with Crippen LogP contribution < -0.4 is 4.74 Å². The summed E-state index contributed by atoms with van der Waals surface area (Å²) < 4.78 is 5.25. The van der Waals surface area contributed by atoms with Crippen molar-refractivity contribution in [3.05, 3.63) is 59.4 Å². The second-order valence-corrected chi connectivity index (χ2v) is 5.97. The van der Waals surface area contributed by atoms with Crippen LogP contribution in [-0.2, 0) is 4.79 Å². The number of carbonyl (C=O) groups is 2. The van der Waals surface area contributed by atoms with E-state index in [1.165, 1.54) is 13.0 Å². The number of phenols is 1. The lowest BCUT2D eigenvalue weighted by Crippen LogP contribution is -2.21. The van der Waals surface area contributed by atoms with Crippen molar-refractivity contribution in [3.8, 4) is 11.5 Å². The van der Waals surface area contributed by atoms with Gasteiger partial charge in [0.1, 0.15) is 11.5 Å². The molecule has 0 saturated carbocycles. The minimum Gasteiger partial charge on any atom is -0.507 e. The maximum absolute atomic E-state index is 12.0. The molecular formula is C19H14N2O4. The molecule has 2 heterocycles. The van der Waals surface area contributed by atoms with Crippen LogP contribution in [0.3, 0.4) is 0 Å². The van der Waals surface area contributed by atoms with Crippen LogP contribution >= 0.6 is 0 Å². The smallest absolute Gasteiger partial charge is 0.312 e. The molecule has 1 atom stereocenters. The molecule has 1 N–H and O–H groups in total. The number of ether oxygens (including phenoxy) is 1. The number of carbonyl (C=O) groups excluding carboxylic acids is 2. The number of aromatic nitrogens is 2. The van der Waals surface area contributed by atoms with Crippen LogP contribution in [0.1, 0.15) is 40.7 Å². The minimum atomic E-state index is -0.415. The molecule has 0 amide bonds. The summed E-state index contributed by atoms with van der Waals surface area (Å²) >= 11 is 0. The van der Waals surface area contributed by atoms with Crippen molar-refractivity contribution in [2.45, 2.75) is 19.3 Å². The Morgan fingerprint density at radius 2 is 1.92 bits per heavy atom. The number of hydrogen-bond acceptors (Lipinski definition) is 6. The third-order valence-electron chi connectivity index (χ3n) is 4.40. The van der Waals surface area contributed by atoms with Crippen molar-refractivity contribution in [1.29, 1.82) is 0 Å². The molecule has 6 heteroatoms. The molecule has 0 unspecified atom stereocenters. The van der Waals surface area contributed by atoms with Crippen molar-refractivity contribution in [2.24, 2.45) is 0 Å². The molecule has 0 aliphatic carbocycles. The highest BCUT2D eigenvalue weighted by atomic mass is 16.5. The number of Topliss-reactive ketones (excluding diaryl/α,β-unsaturated/α-hetero) is 1. The highest BCUT2D eigenvalue weighted by Crippen LogP contribution is 2.45. The van der Waals surface area contributed by atoms with Crippen molar-refractivity contribution >= 4 is 22.8 Å². The topological polar surface area (TPSA) is 89.4 Å². The molecular weight excluding hydrogens is 320 g/mol. The fourth-order valence-corrected chi connectivity index (χ4v) is 3.21. The summed E-state index contributed by atoms with van der Waals surface area (Å²) in [6, 6.07) is 8.54. The zero-order valence-electron chi connectivity index (χ0n) is 13.4. The molecule has 124 valence electrons. The van der Waals surface area contributed by atoms with Gasteiger partial charge in [0.15, 0.2) is 5.78 Å². The summed E-state index contributed by atoms with van der Waals surface area (Å²) in [6.45, 7) is 1.39. The maximum atomic E-state index is 12.0. The molecule has 0 radical (unpaired) electrons. The number of nitrogens with zero attached hydrogens (tertiary/aromatic N) is 2. The fourth-order valence-electron chi connectivity index (χ4n) is 3.21. The summed E-state index contributed by atoms with van der Waals surface area (Å²) in [5.41, 5.74) is 2.91. The Labute approximate surface area is 143 Å². The Morgan fingerprint density at radius 3 is 2.68 bits per heavy atom. The number of esters is 1. The highest BCUT2D eigenvalue weighted by Gasteiger charge is 2.33. The van der Waals surface area contributed by atoms with E-state index in [2.05, 4.69) is 9.97 Å². The van der Waals surface area contributed by atoms with Gasteiger partial charge in [-0.25, -0.2) is 0 Å². The van der Waals surface area contributed by atoms with Gasteiger partial charge in [-0.3, -0.25) is 19.6 Å². The third-order valence-corrected chi connectivity index (χ3v) is 4.40. The van der Waals surface area contributed by atoms with Crippen LogP contribution in [0.2, 0.25) is 0 Å². The Kier molecular flexibility index (Phi) is 3.46. The Morgan fingerprint density at radius 1 is 1.16 bits per heavy atom. The third kappa shape index (κ3) is 2.52. The van der Waals surface area contributed by atoms with Crippen LogP contribution in [0, 0.1) is 0 Å². The van der Waals surface area contributed by atoms with Gasteiger partial charge >= 0.3 is 5.97 Å². The SMILES string of the molecule is CC(=O)c1ccc2c(c1O)[C@H](c1ccc3nccnc3c1)CC(=O)O2. The molecule has 3 aromatic rings. The monoisotopic (exact) mass is 334 g/mol. The van der Waals surface area contributed by atoms with Crippen molar-refractivity contribution < 1.29 is 19.4 Å². The van der Waals surface area contributed by atoms with E-state index in [0.717, 1.165) is 11.1 Å². The number of benzene rings is 2. The Hall–Kier alpha value is -3.28. The summed E-state index contributed by atoms with van der Waals surface area (Å²) in [5, 5.41) is 10.6. The number of fused-ring (bicyclic) bond motifs is 2. The normalized spacial score (nSPS) is 16.4. The van der Waals surface area contributed by atoms with Gasteiger partial charge in [0, 0.05) is 23.9 Å². The standard InChI is InChI=1S/C19H14N2O4/c1-10(22)12-3-5-16-18(19(12)24)13(9-17(23)25-16)11-2-4-14-15(8-11)21-7-6-20-14/h2-8,13,24H,9H2,1H3/t13-/m0/s1. The van der Waals surface area contributed by atoms with Crippen LogP contribution in [0.15, 0.2) is 42.7 Å². The first-order valence-corrected chi connectivity index (χ1v) is 7.82. The van der Waals surface area contributed by atoms with Gasteiger partial charge in [0.05, 0.1) is 23.0 Å². The van der Waals surface area contributed by atoms with Gasteiger partial charge in [0.2, 0.25) is 0 Å². The predicted molar refractivity (Wildman–Crippen MR) is 89.7 cm³/mol. The van der Waals surface area contributed by atoms with Gasteiger partial charge in [-0.1, -0.05) is 6.07 Å². The van der Waals surface area contributed by atoms with Crippen LogP contribution in [0.5, 0.6) is 11.5 Å². The lowest BCUT2D eigenvalue weighted by molar-refractivity contribution is -0.135. The van der Waals surface area contributed by atoms with Gasteiger partial charge in [-0.15, -0.1) is 0 Å². The van der Waals surface area contributed by atoms with E-state index in [1.807, 2.05) is 18.2 Å². The summed E-state index contributed by atoms with van der Waals surface area (Å²) in [7, 11) is 0. The number of aromatic hydroxyl groups is 1. The van der Waals surface area contributed by atoms with Gasteiger partial charge < -0.3 is 9.84 Å². The molecule has 6 nitrogen and oxygen atoms in total. The van der Waals surface area contributed by atoms with E-state index >= 15 is 0 Å². The largest absolute Gasteiger partial charge is 0.507 e. The van der Waals surface area contributed by atoms with E-state index in [4.69, 9.17) is 4.74 Å². The summed E-state index contributed by atoms with van der Waals surface area (Å²) in [6.07, 6.45) is 3.29. The lowest BCUT2D eigenvalue weighted by atomic mass is 9.84. The lowest BCUT2D eigenvalue weighted by Gasteiger charge is -2.26. The first-order valence-electron chi connectivity index (χ1n) is 7.82. The molecule has 25 heavy (non-hydrogen) atoms. The number of hydrogen-bond donors (Lipinski definition) is 1. The molecule has 0 fully saturated rings. The molecule has 2 aromatic carbocycles. The van der Waals surface area contributed by atoms with Crippen molar-refractivity contribution in [1.82, 2.24) is 9.97 Å². The molecule has 4 rings (SSSR count). The number of phenolic OH excluding ortho intramolecular Hbond substituents is 1. The second-order valence-electron chi connectivity index (χ2n) is 5.97. The maximum Gasteiger partial charge on any atom is 0.312 e. The molecule has 0 spiro atoms. The number of rotatable bonds is 2.